The first-order valence-corrected chi connectivity index (χ1v) is 15.3. The number of ether oxygens (including phenoxy) is 1. The Labute approximate surface area is 254 Å². The molecule has 1 fully saturated rings. The number of benzene rings is 2. The second-order valence-corrected chi connectivity index (χ2v) is 12.2. The third-order valence-electron chi connectivity index (χ3n) is 8.26. The van der Waals surface area contributed by atoms with Gasteiger partial charge in [-0.3, -0.25) is 18.9 Å². The van der Waals surface area contributed by atoms with Crippen LogP contribution in [0.15, 0.2) is 69.0 Å². The Kier molecular flexibility index (Phi) is 8.33. The van der Waals surface area contributed by atoms with Crippen LogP contribution in [0.1, 0.15) is 75.7 Å². The van der Waals surface area contributed by atoms with Crippen LogP contribution in [-0.2, 0) is 17.6 Å². The highest BCUT2D eigenvalue weighted by atomic mass is 16.5. The third-order valence-corrected chi connectivity index (χ3v) is 8.26. The fraction of sp³-hybridized carbons (Fsp3) is 0.424. The molecule has 2 N–H and O–H groups in total. The van der Waals surface area contributed by atoms with Gasteiger partial charge in [-0.1, -0.05) is 67.0 Å². The molecule has 2 aromatic carbocycles. The predicted molar refractivity (Wildman–Crippen MR) is 166 cm³/mol. The lowest BCUT2D eigenvalue weighted by atomic mass is 9.92. The summed E-state index contributed by atoms with van der Waals surface area (Å²) in [6, 6.07) is 15.8. The first kappa shape index (κ1) is 29.7. The molecule has 0 atom stereocenters. The van der Waals surface area contributed by atoms with Gasteiger partial charge >= 0.3 is 5.76 Å². The Hall–Kier alpha value is -4.35. The molecule has 1 aliphatic rings. The zero-order valence-electron chi connectivity index (χ0n) is 25.3. The van der Waals surface area contributed by atoms with Crippen LogP contribution in [0.25, 0.3) is 28.3 Å². The summed E-state index contributed by atoms with van der Waals surface area (Å²) in [7, 11) is 0. The summed E-state index contributed by atoms with van der Waals surface area (Å²) < 4.78 is 14.4. The van der Waals surface area contributed by atoms with Gasteiger partial charge in [0, 0.05) is 23.6 Å². The van der Waals surface area contributed by atoms with Crippen molar-refractivity contribution in [2.24, 2.45) is 0 Å². The number of aryl methyl sites for hydroxylation is 1. The van der Waals surface area contributed by atoms with E-state index in [1.807, 2.05) is 57.6 Å². The lowest BCUT2D eigenvalue weighted by Crippen LogP contribution is -2.36. The van der Waals surface area contributed by atoms with Gasteiger partial charge in [-0.05, 0) is 62.6 Å². The normalized spacial score (nSPS) is 17.4. The van der Waals surface area contributed by atoms with E-state index in [0.29, 0.717) is 24.4 Å². The molecule has 1 saturated carbocycles. The summed E-state index contributed by atoms with van der Waals surface area (Å²) in [5.74, 6) is 0.356. The molecule has 11 nitrogen and oxygen atoms in total. The lowest BCUT2D eigenvalue weighted by molar-refractivity contribution is -0.0654. The molecule has 0 amide bonds. The average molecular weight is 599 g/mol. The van der Waals surface area contributed by atoms with Crippen molar-refractivity contribution in [3.63, 3.8) is 0 Å². The van der Waals surface area contributed by atoms with Crippen molar-refractivity contribution in [3.05, 3.63) is 92.6 Å². The Morgan fingerprint density at radius 2 is 1.77 bits per heavy atom. The Bertz CT molecular complexity index is 1850. The van der Waals surface area contributed by atoms with Crippen LogP contribution in [0.2, 0.25) is 0 Å². The molecule has 6 rings (SSSR count). The van der Waals surface area contributed by atoms with Crippen molar-refractivity contribution in [2.45, 2.75) is 83.5 Å². The highest BCUT2D eigenvalue weighted by molar-refractivity contribution is 5.80. The monoisotopic (exact) mass is 598 g/mol. The largest absolute Gasteiger partial charge is 0.439 e. The lowest BCUT2D eigenvalue weighted by Gasteiger charge is -2.32. The van der Waals surface area contributed by atoms with Gasteiger partial charge in [0.2, 0.25) is 5.78 Å². The zero-order chi connectivity index (χ0) is 30.8. The molecule has 44 heavy (non-hydrogen) atoms. The topological polar surface area (TPSA) is 141 Å². The van der Waals surface area contributed by atoms with Gasteiger partial charge in [-0.2, -0.15) is 10.1 Å². The first-order valence-electron chi connectivity index (χ1n) is 15.3. The summed E-state index contributed by atoms with van der Waals surface area (Å²) in [6.07, 6.45) is 6.84. The molecule has 1 aliphatic carbocycles. The minimum atomic E-state index is -0.871. The number of aliphatic hydroxyl groups is 1. The Morgan fingerprint density at radius 1 is 1.05 bits per heavy atom. The van der Waals surface area contributed by atoms with Crippen molar-refractivity contribution < 1.29 is 14.4 Å². The number of hydrogen-bond acceptors (Lipinski definition) is 8. The number of nitrogens with one attached hydrogen (secondary N) is 1. The highest BCUT2D eigenvalue weighted by Crippen LogP contribution is 2.32. The standard InChI is InChI=1S/C33H38N6O5/c1-4-7-28-27(18-21-10-12-22(13-11-21)25-8-5-6-9-26(25)29-36-32(41)44-37-29)30(40)38(31-34-20-35-39(28)31)23-14-16-24(17-15-23)43-19-33(2,3)42/h5-6,8-13,20,23-24,42H,4,7,14-19H2,1-3H3,(H,36,37,41)/t23-,24+. The SMILES string of the molecule is CCCc1c(Cc2ccc(-c3ccccc3-c3noc(=O)[nH]3)cc2)c(=O)n([C@H]2CC[C@@H](OCC(C)(C)O)CC2)c2ncnn12. The van der Waals surface area contributed by atoms with Crippen molar-refractivity contribution in [1.29, 1.82) is 0 Å². The zero-order valence-corrected chi connectivity index (χ0v) is 25.3. The first-order chi connectivity index (χ1) is 21.2. The fourth-order valence-electron chi connectivity index (χ4n) is 6.16. The molecule has 11 heteroatoms. The van der Waals surface area contributed by atoms with Gasteiger partial charge in [0.25, 0.3) is 5.56 Å². The van der Waals surface area contributed by atoms with Crippen LogP contribution >= 0.6 is 0 Å². The van der Waals surface area contributed by atoms with Gasteiger partial charge in [-0.25, -0.2) is 9.31 Å². The van der Waals surface area contributed by atoms with Crippen molar-refractivity contribution in [3.8, 4) is 22.5 Å². The summed E-state index contributed by atoms with van der Waals surface area (Å²) in [6.45, 7) is 5.87. The van der Waals surface area contributed by atoms with E-state index >= 15 is 0 Å². The Balaban J connectivity index is 1.30. The van der Waals surface area contributed by atoms with Gasteiger partial charge in [0.05, 0.1) is 24.0 Å². The second-order valence-electron chi connectivity index (χ2n) is 12.2. The van der Waals surface area contributed by atoms with Gasteiger partial charge in [0.15, 0.2) is 5.82 Å². The average Bonchev–Trinajstić information content (AvgIpc) is 3.68. The van der Waals surface area contributed by atoms with E-state index in [0.717, 1.165) is 65.6 Å². The molecule has 0 radical (unpaired) electrons. The minimum Gasteiger partial charge on any atom is -0.388 e. The quantitative estimate of drug-likeness (QED) is 0.235. The van der Waals surface area contributed by atoms with Crippen LogP contribution < -0.4 is 11.3 Å². The molecular formula is C33H38N6O5. The molecule has 0 spiro atoms. The number of rotatable bonds is 10. The Morgan fingerprint density at radius 3 is 2.43 bits per heavy atom. The summed E-state index contributed by atoms with van der Waals surface area (Å²) in [5, 5.41) is 18.5. The summed E-state index contributed by atoms with van der Waals surface area (Å²) in [4.78, 5) is 33.0. The number of fused-ring (bicyclic) bond motifs is 1. The van der Waals surface area contributed by atoms with E-state index in [9.17, 15) is 14.7 Å². The van der Waals surface area contributed by atoms with E-state index in [1.54, 1.807) is 13.8 Å². The maximum absolute atomic E-state index is 14.3. The van der Waals surface area contributed by atoms with Crippen LogP contribution in [-0.4, -0.2) is 52.7 Å². The van der Waals surface area contributed by atoms with Gasteiger partial charge < -0.3 is 9.84 Å². The third kappa shape index (κ3) is 6.15. The highest BCUT2D eigenvalue weighted by Gasteiger charge is 2.29. The molecule has 0 unspecified atom stereocenters. The van der Waals surface area contributed by atoms with E-state index in [4.69, 9.17) is 9.26 Å². The van der Waals surface area contributed by atoms with Crippen LogP contribution in [0.3, 0.4) is 0 Å². The van der Waals surface area contributed by atoms with E-state index in [1.165, 1.54) is 6.33 Å². The molecule has 230 valence electrons. The van der Waals surface area contributed by atoms with Crippen molar-refractivity contribution >= 4 is 5.78 Å². The van der Waals surface area contributed by atoms with Gasteiger partial charge in [0.1, 0.15) is 6.33 Å². The molecule has 0 bridgehead atoms. The number of aromatic nitrogens is 6. The molecule has 0 aliphatic heterocycles. The van der Waals surface area contributed by atoms with Crippen LogP contribution in [0, 0.1) is 0 Å². The van der Waals surface area contributed by atoms with E-state index < -0.39 is 11.4 Å². The summed E-state index contributed by atoms with van der Waals surface area (Å²) in [5.41, 5.74) is 4.37. The summed E-state index contributed by atoms with van der Waals surface area (Å²) >= 11 is 0. The maximum Gasteiger partial charge on any atom is 0.439 e. The minimum absolute atomic E-state index is 0.00698. The number of H-pyrrole nitrogens is 1. The molecule has 0 saturated heterocycles. The van der Waals surface area contributed by atoms with Crippen LogP contribution in [0.5, 0.6) is 0 Å². The predicted octanol–water partition coefficient (Wildman–Crippen LogP) is 4.72. The van der Waals surface area contributed by atoms with Crippen molar-refractivity contribution in [1.82, 2.24) is 29.3 Å². The molecule has 3 aromatic heterocycles. The van der Waals surface area contributed by atoms with Gasteiger partial charge in [-0.15, -0.1) is 0 Å². The number of hydrogen-bond donors (Lipinski definition) is 2. The fourth-order valence-corrected chi connectivity index (χ4v) is 6.16. The second kappa shape index (κ2) is 12.3. The number of aromatic amines is 1. The number of nitrogens with zero attached hydrogens (tertiary/aromatic N) is 5. The van der Waals surface area contributed by atoms with Crippen molar-refractivity contribution in [2.75, 3.05) is 6.61 Å². The van der Waals surface area contributed by atoms with Crippen LogP contribution in [0.4, 0.5) is 0 Å². The molecular weight excluding hydrogens is 560 g/mol. The van der Waals surface area contributed by atoms with E-state index in [-0.39, 0.29) is 24.3 Å². The van der Waals surface area contributed by atoms with E-state index in [2.05, 4.69) is 27.1 Å². The molecule has 3 heterocycles. The molecule has 5 aromatic rings. The smallest absolute Gasteiger partial charge is 0.388 e. The maximum atomic E-state index is 14.3.